The van der Waals surface area contributed by atoms with E-state index in [-0.39, 0.29) is 40.1 Å². The molecule has 0 radical (unpaired) electrons. The number of benzene rings is 1. The van der Waals surface area contributed by atoms with E-state index in [0.717, 1.165) is 5.57 Å². The molecule has 0 amide bonds. The van der Waals surface area contributed by atoms with Crippen LogP contribution in [0.25, 0.3) is 0 Å². The van der Waals surface area contributed by atoms with Gasteiger partial charge in [0, 0.05) is 35.8 Å². The van der Waals surface area contributed by atoms with Crippen LogP contribution >= 0.6 is 0 Å². The van der Waals surface area contributed by atoms with Gasteiger partial charge < -0.3 is 20.4 Å². The molecule has 2 bridgehead atoms. The highest BCUT2D eigenvalue weighted by molar-refractivity contribution is 5.81. The molecule has 0 spiro atoms. The molecule has 1 saturated carbocycles. The average Bonchev–Trinajstić information content (AvgIpc) is 2.76. The van der Waals surface area contributed by atoms with Crippen LogP contribution in [0.5, 0.6) is 11.5 Å². The summed E-state index contributed by atoms with van der Waals surface area (Å²) in [6, 6.07) is 3.06. The normalized spacial score (nSPS) is 29.3. The summed E-state index contributed by atoms with van der Waals surface area (Å²) >= 11 is 0. The number of carbonyl (C=O) groups excluding carboxylic acids is 1. The maximum atomic E-state index is 13.1. The van der Waals surface area contributed by atoms with Crippen LogP contribution in [0.3, 0.4) is 0 Å². The van der Waals surface area contributed by atoms with Gasteiger partial charge in [-0.2, -0.15) is 0 Å². The number of hydrogen-bond donors (Lipinski definition) is 4. The molecule has 1 fully saturated rings. The number of hydrogen-bond acceptors (Lipinski definition) is 5. The molecule has 1 aromatic carbocycles. The molecule has 5 nitrogen and oxygen atoms in total. The van der Waals surface area contributed by atoms with Crippen LogP contribution in [0.2, 0.25) is 0 Å². The van der Waals surface area contributed by atoms with Gasteiger partial charge in [-0.1, -0.05) is 39.3 Å². The summed E-state index contributed by atoms with van der Waals surface area (Å²) in [7, 11) is 0. The van der Waals surface area contributed by atoms with Gasteiger partial charge in [0.15, 0.2) is 0 Å². The molecule has 174 valence electrons. The minimum atomic E-state index is -0.464. The number of fused-ring (bicyclic) bond motifs is 2. The highest BCUT2D eigenvalue weighted by atomic mass is 16.3. The summed E-state index contributed by atoms with van der Waals surface area (Å²) in [5.74, 6) is 0.488. The highest BCUT2D eigenvalue weighted by Gasteiger charge is 2.64. The van der Waals surface area contributed by atoms with E-state index in [1.807, 2.05) is 19.1 Å². The van der Waals surface area contributed by atoms with Crippen molar-refractivity contribution < 1.29 is 25.2 Å². The molecular weight excluding hydrogens is 404 g/mol. The Morgan fingerprint density at radius 1 is 1.12 bits per heavy atom. The largest absolute Gasteiger partial charge is 0.512 e. The van der Waals surface area contributed by atoms with E-state index in [1.165, 1.54) is 12.1 Å². The molecule has 3 rings (SSSR count). The third-order valence-electron chi connectivity index (χ3n) is 8.31. The molecule has 0 aliphatic heterocycles. The standard InChI is InChI=1S/C27H36O5/c1-16(7-8-18-11-19(28)10-17(2)24(18)32)9-20(29)13-26(5)15-22-23(31)12-21(30)14-27(26,6)25(22,3)4/h7,10-12,14,22,28,30-32H,8-9,13,15H2,1-6H3/b16-7+/t22-,26-,27+/m0/s1. The van der Waals surface area contributed by atoms with E-state index >= 15 is 0 Å². The third-order valence-corrected chi connectivity index (χ3v) is 8.31. The summed E-state index contributed by atoms with van der Waals surface area (Å²) in [6.45, 7) is 12.0. The predicted octanol–water partition coefficient (Wildman–Crippen LogP) is 6.20. The fourth-order valence-electron chi connectivity index (χ4n) is 5.89. The highest BCUT2D eigenvalue weighted by Crippen LogP contribution is 2.69. The van der Waals surface area contributed by atoms with E-state index < -0.39 is 10.8 Å². The van der Waals surface area contributed by atoms with Crippen molar-refractivity contribution in [1.82, 2.24) is 0 Å². The average molecular weight is 441 g/mol. The maximum Gasteiger partial charge on any atom is 0.137 e. The van der Waals surface area contributed by atoms with E-state index in [2.05, 4.69) is 27.7 Å². The first-order chi connectivity index (χ1) is 14.7. The number of Topliss-reactive ketones (excluding diaryl/α,β-unsaturated/α-hetero) is 1. The monoisotopic (exact) mass is 440 g/mol. The zero-order valence-corrected chi connectivity index (χ0v) is 20.0. The van der Waals surface area contributed by atoms with Crippen LogP contribution in [0, 0.1) is 29.1 Å². The van der Waals surface area contributed by atoms with Crippen molar-refractivity contribution in [3.05, 3.63) is 58.6 Å². The molecule has 2 aliphatic carbocycles. The van der Waals surface area contributed by atoms with Gasteiger partial charge in [-0.15, -0.1) is 0 Å². The van der Waals surface area contributed by atoms with Crippen molar-refractivity contribution in [3.8, 4) is 11.5 Å². The Labute approximate surface area is 190 Å². The van der Waals surface area contributed by atoms with Gasteiger partial charge in [0.05, 0.1) is 5.76 Å². The van der Waals surface area contributed by atoms with Gasteiger partial charge in [0.25, 0.3) is 0 Å². The van der Waals surface area contributed by atoms with Crippen LogP contribution in [0.4, 0.5) is 0 Å². The Hall–Kier alpha value is -2.69. The molecule has 4 N–H and O–H groups in total. The van der Waals surface area contributed by atoms with Crippen molar-refractivity contribution in [2.75, 3.05) is 0 Å². The molecule has 0 aromatic heterocycles. The van der Waals surface area contributed by atoms with E-state index in [4.69, 9.17) is 0 Å². The number of carbonyl (C=O) groups is 1. The fourth-order valence-corrected chi connectivity index (χ4v) is 5.89. The van der Waals surface area contributed by atoms with Gasteiger partial charge in [0.1, 0.15) is 23.0 Å². The second kappa shape index (κ2) is 8.02. The molecule has 2 aliphatic rings. The number of aliphatic hydroxyl groups is 2. The lowest BCUT2D eigenvalue weighted by Gasteiger charge is -2.46. The summed E-state index contributed by atoms with van der Waals surface area (Å²) in [5.41, 5.74) is 0.955. The number of aryl methyl sites for hydroxylation is 1. The summed E-state index contributed by atoms with van der Waals surface area (Å²) in [4.78, 5) is 13.1. The zero-order valence-electron chi connectivity index (χ0n) is 20.0. The molecule has 5 heteroatoms. The van der Waals surface area contributed by atoms with E-state index in [1.54, 1.807) is 13.0 Å². The minimum absolute atomic E-state index is 0.0521. The lowest BCUT2D eigenvalue weighted by Crippen LogP contribution is -2.42. The second-order valence-electron chi connectivity index (χ2n) is 10.8. The Kier molecular flexibility index (Phi) is 6.01. The zero-order chi connectivity index (χ0) is 24.1. The Bertz CT molecular complexity index is 1030. The number of phenolic OH excluding ortho intramolecular Hbond substituents is 2. The van der Waals surface area contributed by atoms with Crippen molar-refractivity contribution >= 4 is 5.78 Å². The number of rotatable bonds is 6. The lowest BCUT2D eigenvalue weighted by atomic mass is 9.56. The summed E-state index contributed by atoms with van der Waals surface area (Å²) in [6.07, 6.45) is 6.92. The van der Waals surface area contributed by atoms with Crippen LogP contribution in [-0.2, 0) is 11.2 Å². The first kappa shape index (κ1) is 24.0. The first-order valence-corrected chi connectivity index (χ1v) is 11.2. The van der Waals surface area contributed by atoms with Gasteiger partial charge in [-0.25, -0.2) is 0 Å². The quantitative estimate of drug-likeness (QED) is 0.312. The van der Waals surface area contributed by atoms with Crippen LogP contribution in [0.15, 0.2) is 47.5 Å². The summed E-state index contributed by atoms with van der Waals surface area (Å²) in [5, 5.41) is 40.9. The smallest absolute Gasteiger partial charge is 0.137 e. The predicted molar refractivity (Wildman–Crippen MR) is 126 cm³/mol. The molecule has 0 saturated heterocycles. The van der Waals surface area contributed by atoms with Gasteiger partial charge >= 0.3 is 0 Å². The fraction of sp³-hybridized carbons (Fsp3) is 0.519. The number of ketones is 1. The SMILES string of the molecule is C/C(=C\Cc1cc(O)cc(C)c1O)CC(=O)C[C@@]1(C)C[C@H]2C(O)=CC(O)=C[C@]1(C)C2(C)C. The summed E-state index contributed by atoms with van der Waals surface area (Å²) < 4.78 is 0. The van der Waals surface area contributed by atoms with Gasteiger partial charge in [-0.05, 0) is 61.3 Å². The number of phenols is 2. The maximum absolute atomic E-state index is 13.1. The third kappa shape index (κ3) is 3.94. The molecule has 1 aromatic rings. The number of aromatic hydroxyl groups is 2. The van der Waals surface area contributed by atoms with Gasteiger partial charge in [-0.3, -0.25) is 4.79 Å². The molecule has 0 heterocycles. The van der Waals surface area contributed by atoms with Crippen molar-refractivity contribution in [3.63, 3.8) is 0 Å². The Morgan fingerprint density at radius 3 is 2.44 bits per heavy atom. The van der Waals surface area contributed by atoms with Crippen LogP contribution in [-0.4, -0.2) is 26.2 Å². The van der Waals surface area contributed by atoms with Crippen LogP contribution < -0.4 is 0 Å². The Morgan fingerprint density at radius 2 is 1.78 bits per heavy atom. The number of allylic oxidation sites excluding steroid dienone is 5. The van der Waals surface area contributed by atoms with Crippen molar-refractivity contribution in [1.29, 1.82) is 0 Å². The first-order valence-electron chi connectivity index (χ1n) is 11.2. The molecule has 32 heavy (non-hydrogen) atoms. The van der Waals surface area contributed by atoms with E-state index in [0.29, 0.717) is 36.8 Å². The minimum Gasteiger partial charge on any atom is -0.512 e. The van der Waals surface area contributed by atoms with Crippen molar-refractivity contribution in [2.45, 2.75) is 67.2 Å². The lowest BCUT2D eigenvalue weighted by molar-refractivity contribution is -0.122. The molecule has 0 unspecified atom stereocenters. The topological polar surface area (TPSA) is 98.0 Å². The Balaban J connectivity index is 1.76. The number of aliphatic hydroxyl groups excluding tert-OH is 2. The van der Waals surface area contributed by atoms with Crippen LogP contribution in [0.1, 0.15) is 65.0 Å². The second-order valence-corrected chi connectivity index (χ2v) is 10.8. The molecular formula is C27H36O5. The molecule has 3 atom stereocenters. The van der Waals surface area contributed by atoms with Gasteiger partial charge in [0.2, 0.25) is 0 Å². The van der Waals surface area contributed by atoms with Crippen molar-refractivity contribution in [2.24, 2.45) is 22.2 Å². The van der Waals surface area contributed by atoms with E-state index in [9.17, 15) is 25.2 Å².